The van der Waals surface area contributed by atoms with Crippen molar-refractivity contribution in [1.82, 2.24) is 14.7 Å². The Labute approximate surface area is 198 Å². The molecule has 2 fully saturated rings. The molecule has 2 unspecified atom stereocenters. The van der Waals surface area contributed by atoms with E-state index in [1.807, 2.05) is 35.2 Å². The maximum atomic E-state index is 13.3. The van der Waals surface area contributed by atoms with Gasteiger partial charge in [-0.1, -0.05) is 32.0 Å². The van der Waals surface area contributed by atoms with Crippen LogP contribution in [0.15, 0.2) is 30.3 Å². The van der Waals surface area contributed by atoms with E-state index in [0.29, 0.717) is 57.5 Å². The minimum absolute atomic E-state index is 0.0340. The number of amides is 1. The summed E-state index contributed by atoms with van der Waals surface area (Å²) in [5.41, 5.74) is 0.699. The van der Waals surface area contributed by atoms with Crippen LogP contribution in [0.5, 0.6) is 0 Å². The van der Waals surface area contributed by atoms with Gasteiger partial charge in [-0.3, -0.25) is 14.6 Å². The second-order valence-electron chi connectivity index (χ2n) is 9.41. The van der Waals surface area contributed by atoms with E-state index in [9.17, 15) is 9.90 Å². The molecule has 0 aliphatic carbocycles. The average Bonchev–Trinajstić information content (AvgIpc) is 2.82. The number of carbonyl (C=O) groups excluding carboxylic acids is 1. The number of benzene rings is 1. The topological polar surface area (TPSA) is 74.7 Å². The molecule has 1 aromatic carbocycles. The number of aliphatic hydroxyl groups excluding tert-OH is 1. The van der Waals surface area contributed by atoms with Crippen LogP contribution in [-0.2, 0) is 14.2 Å². The number of nitrogens with zero attached hydrogens (tertiary/aromatic N) is 3. The van der Waals surface area contributed by atoms with Crippen molar-refractivity contribution in [3.05, 3.63) is 35.9 Å². The molecule has 0 radical (unpaired) electrons. The fourth-order valence-corrected chi connectivity index (χ4v) is 4.22. The van der Waals surface area contributed by atoms with Crippen LogP contribution < -0.4 is 0 Å². The van der Waals surface area contributed by atoms with Crippen molar-refractivity contribution in [1.29, 1.82) is 0 Å². The predicted octanol–water partition coefficient (Wildman–Crippen LogP) is 1.20. The highest BCUT2D eigenvalue weighted by molar-refractivity contribution is 5.94. The maximum absolute atomic E-state index is 13.3. The van der Waals surface area contributed by atoms with Gasteiger partial charge in [0.25, 0.3) is 5.91 Å². The van der Waals surface area contributed by atoms with Gasteiger partial charge in [0, 0.05) is 64.5 Å². The number of ether oxygens (including phenoxy) is 3. The largest absolute Gasteiger partial charge is 0.389 e. The van der Waals surface area contributed by atoms with E-state index in [2.05, 4.69) is 23.6 Å². The quantitative estimate of drug-likeness (QED) is 0.499. The smallest absolute Gasteiger partial charge is 0.253 e. The molecule has 0 aromatic heterocycles. The van der Waals surface area contributed by atoms with Gasteiger partial charge < -0.3 is 24.2 Å². The summed E-state index contributed by atoms with van der Waals surface area (Å²) in [5, 5.41) is 10.4. The Bertz CT molecular complexity index is 684. The molecule has 3 rings (SSSR count). The van der Waals surface area contributed by atoms with Crippen molar-refractivity contribution in [3.8, 4) is 0 Å². The normalized spacial score (nSPS) is 21.3. The van der Waals surface area contributed by atoms with Gasteiger partial charge in [0.15, 0.2) is 0 Å². The van der Waals surface area contributed by atoms with Gasteiger partial charge in [0.05, 0.1) is 38.6 Å². The highest BCUT2D eigenvalue weighted by atomic mass is 16.5. The van der Waals surface area contributed by atoms with Crippen LogP contribution in [-0.4, -0.2) is 123 Å². The van der Waals surface area contributed by atoms with Crippen LogP contribution in [0, 0.1) is 5.92 Å². The lowest BCUT2D eigenvalue weighted by Gasteiger charge is -2.37. The first-order valence-corrected chi connectivity index (χ1v) is 12.3. The molecular formula is C25H41N3O5. The van der Waals surface area contributed by atoms with E-state index < -0.39 is 6.10 Å². The zero-order valence-electron chi connectivity index (χ0n) is 20.2. The Kier molecular flexibility index (Phi) is 11.0. The summed E-state index contributed by atoms with van der Waals surface area (Å²) in [5.74, 6) is 0.488. The molecule has 2 atom stereocenters. The second-order valence-corrected chi connectivity index (χ2v) is 9.41. The molecule has 8 heteroatoms. The zero-order chi connectivity index (χ0) is 23.5. The van der Waals surface area contributed by atoms with E-state index in [4.69, 9.17) is 14.2 Å². The van der Waals surface area contributed by atoms with E-state index in [1.54, 1.807) is 0 Å². The Morgan fingerprint density at radius 2 is 1.85 bits per heavy atom. The van der Waals surface area contributed by atoms with Crippen LogP contribution in [0.2, 0.25) is 0 Å². The Hall–Kier alpha value is -1.55. The van der Waals surface area contributed by atoms with Crippen molar-refractivity contribution in [2.45, 2.75) is 26.1 Å². The third-order valence-electron chi connectivity index (χ3n) is 5.98. The van der Waals surface area contributed by atoms with E-state index in [0.717, 1.165) is 39.4 Å². The van der Waals surface area contributed by atoms with E-state index in [1.165, 1.54) is 0 Å². The molecule has 1 N–H and O–H groups in total. The van der Waals surface area contributed by atoms with Crippen molar-refractivity contribution >= 4 is 5.91 Å². The van der Waals surface area contributed by atoms with Crippen molar-refractivity contribution in [3.63, 3.8) is 0 Å². The van der Waals surface area contributed by atoms with Gasteiger partial charge in [-0.2, -0.15) is 0 Å². The molecule has 2 aliphatic heterocycles. The molecule has 33 heavy (non-hydrogen) atoms. The first kappa shape index (κ1) is 26.1. The summed E-state index contributed by atoms with van der Waals surface area (Å²) in [7, 11) is 0. The van der Waals surface area contributed by atoms with Gasteiger partial charge in [0.2, 0.25) is 0 Å². The molecule has 0 spiro atoms. The number of β-amino-alcohol motifs (C(OH)–C–C–N with tert-alkyl or cyclic N) is 1. The lowest BCUT2D eigenvalue weighted by molar-refractivity contribution is -0.0604. The molecule has 186 valence electrons. The summed E-state index contributed by atoms with van der Waals surface area (Å²) in [4.78, 5) is 19.8. The molecule has 8 nitrogen and oxygen atoms in total. The predicted molar refractivity (Wildman–Crippen MR) is 127 cm³/mol. The zero-order valence-corrected chi connectivity index (χ0v) is 20.2. The van der Waals surface area contributed by atoms with Crippen LogP contribution in [0.4, 0.5) is 0 Å². The third-order valence-corrected chi connectivity index (χ3v) is 5.98. The minimum atomic E-state index is -0.522. The van der Waals surface area contributed by atoms with Crippen molar-refractivity contribution < 1.29 is 24.1 Å². The summed E-state index contributed by atoms with van der Waals surface area (Å²) < 4.78 is 17.1. The van der Waals surface area contributed by atoms with Crippen LogP contribution in [0.1, 0.15) is 24.2 Å². The fourth-order valence-electron chi connectivity index (χ4n) is 4.22. The van der Waals surface area contributed by atoms with E-state index in [-0.39, 0.29) is 12.0 Å². The number of rotatable bonds is 12. The first-order valence-electron chi connectivity index (χ1n) is 12.3. The molecule has 1 amide bonds. The van der Waals surface area contributed by atoms with Crippen LogP contribution >= 0.6 is 0 Å². The minimum Gasteiger partial charge on any atom is -0.389 e. The first-order chi connectivity index (χ1) is 16.0. The lowest BCUT2D eigenvalue weighted by atomic mass is 10.1. The highest BCUT2D eigenvalue weighted by Crippen LogP contribution is 2.12. The number of aliphatic hydroxyl groups is 1. The highest BCUT2D eigenvalue weighted by Gasteiger charge is 2.27. The third kappa shape index (κ3) is 9.31. The van der Waals surface area contributed by atoms with Gasteiger partial charge in [-0.15, -0.1) is 0 Å². The molecular weight excluding hydrogens is 422 g/mol. The lowest BCUT2D eigenvalue weighted by Crippen LogP contribution is -2.52. The summed E-state index contributed by atoms with van der Waals surface area (Å²) in [6.07, 6.45) is -0.606. The van der Waals surface area contributed by atoms with Gasteiger partial charge in [-0.05, 0) is 18.1 Å². The van der Waals surface area contributed by atoms with E-state index >= 15 is 0 Å². The standard InChI is InChI=1S/C25H41N3O5/c1-21(2)19-32-20-23(29)16-27-12-15-33-24(17-27)18-28(9-8-26-10-13-31-14-11-26)25(30)22-6-4-3-5-7-22/h3-7,21,23-24,29H,8-20H2,1-2H3. The maximum Gasteiger partial charge on any atom is 0.253 e. The number of carbonyl (C=O) groups is 1. The monoisotopic (exact) mass is 463 g/mol. The van der Waals surface area contributed by atoms with Gasteiger partial charge in [0.1, 0.15) is 0 Å². The Balaban J connectivity index is 1.54. The van der Waals surface area contributed by atoms with Crippen molar-refractivity contribution in [2.75, 3.05) is 85.4 Å². The summed E-state index contributed by atoms with van der Waals surface area (Å²) in [6.45, 7) is 13.1. The number of hydrogen-bond donors (Lipinski definition) is 1. The molecule has 2 saturated heterocycles. The van der Waals surface area contributed by atoms with Gasteiger partial charge in [-0.25, -0.2) is 0 Å². The second kappa shape index (κ2) is 14.0. The Morgan fingerprint density at radius 1 is 1.12 bits per heavy atom. The average molecular weight is 464 g/mol. The molecule has 1 aromatic rings. The number of morpholine rings is 2. The van der Waals surface area contributed by atoms with Gasteiger partial charge >= 0.3 is 0 Å². The molecule has 0 bridgehead atoms. The van der Waals surface area contributed by atoms with Crippen molar-refractivity contribution in [2.24, 2.45) is 5.92 Å². The summed E-state index contributed by atoms with van der Waals surface area (Å²) >= 11 is 0. The van der Waals surface area contributed by atoms with Crippen LogP contribution in [0.3, 0.4) is 0 Å². The van der Waals surface area contributed by atoms with Crippen LogP contribution in [0.25, 0.3) is 0 Å². The Morgan fingerprint density at radius 3 is 2.58 bits per heavy atom. The molecule has 2 heterocycles. The number of hydrogen-bond acceptors (Lipinski definition) is 7. The molecule has 2 aliphatic rings. The fraction of sp³-hybridized carbons (Fsp3) is 0.720. The summed E-state index contributed by atoms with van der Waals surface area (Å²) in [6, 6.07) is 9.45. The SMILES string of the molecule is CC(C)COCC(O)CN1CCOC(CN(CCN2CCOCC2)C(=O)c2ccccc2)C1. The molecule has 0 saturated carbocycles.